The normalized spacial score (nSPS) is 15.8. The van der Waals surface area contributed by atoms with Gasteiger partial charge in [0.05, 0.1) is 0 Å². The largest absolute Gasteiger partial charge is 0.483 e. The van der Waals surface area contributed by atoms with Crippen molar-refractivity contribution in [2.45, 2.75) is 27.2 Å². The van der Waals surface area contributed by atoms with Crippen LogP contribution in [0.4, 0.5) is 0 Å². The van der Waals surface area contributed by atoms with Gasteiger partial charge >= 0.3 is 0 Å². The highest BCUT2D eigenvalue weighted by atomic mass is 16.5. The van der Waals surface area contributed by atoms with Crippen LogP contribution in [0.3, 0.4) is 0 Å². The van der Waals surface area contributed by atoms with Gasteiger partial charge in [0.1, 0.15) is 5.75 Å². The van der Waals surface area contributed by atoms with Crippen LogP contribution in [0.5, 0.6) is 5.75 Å². The van der Waals surface area contributed by atoms with E-state index in [2.05, 4.69) is 25.2 Å². The Hall–Kier alpha value is -1.55. The summed E-state index contributed by atoms with van der Waals surface area (Å²) in [4.78, 5) is 14.0. The molecule has 0 bridgehead atoms. The number of carbonyl (C=O) groups excluding carboxylic acids is 1. The standard InChI is InChI=1S/C16H24N2O2/c1-12-9-14(3)15(10-13(12)2)20-11-16(19)18-7-4-5-17-6-8-18/h9-10,17H,4-8,11H2,1-3H3. The molecule has 1 aromatic rings. The number of carbonyl (C=O) groups is 1. The van der Waals surface area contributed by atoms with E-state index in [1.165, 1.54) is 11.1 Å². The van der Waals surface area contributed by atoms with Crippen LogP contribution >= 0.6 is 0 Å². The summed E-state index contributed by atoms with van der Waals surface area (Å²) in [6.45, 7) is 9.74. The molecule has 2 rings (SSSR count). The number of rotatable bonds is 3. The van der Waals surface area contributed by atoms with Crippen molar-refractivity contribution in [3.63, 3.8) is 0 Å². The molecule has 1 N–H and O–H groups in total. The summed E-state index contributed by atoms with van der Waals surface area (Å²) < 4.78 is 5.72. The fraction of sp³-hybridized carbons (Fsp3) is 0.562. The van der Waals surface area contributed by atoms with E-state index in [1.54, 1.807) is 0 Å². The quantitative estimate of drug-likeness (QED) is 0.915. The minimum absolute atomic E-state index is 0.0753. The molecule has 0 atom stereocenters. The number of hydrogen-bond donors (Lipinski definition) is 1. The van der Waals surface area contributed by atoms with Crippen molar-refractivity contribution in [1.82, 2.24) is 10.2 Å². The summed E-state index contributed by atoms with van der Waals surface area (Å²) in [5.41, 5.74) is 3.52. The lowest BCUT2D eigenvalue weighted by Crippen LogP contribution is -2.37. The van der Waals surface area contributed by atoms with E-state index >= 15 is 0 Å². The molecule has 20 heavy (non-hydrogen) atoms. The Balaban J connectivity index is 1.94. The number of nitrogens with one attached hydrogen (secondary N) is 1. The Morgan fingerprint density at radius 1 is 1.15 bits per heavy atom. The first-order chi connectivity index (χ1) is 9.58. The van der Waals surface area contributed by atoms with Gasteiger partial charge in [-0.25, -0.2) is 0 Å². The summed E-state index contributed by atoms with van der Waals surface area (Å²) in [7, 11) is 0. The summed E-state index contributed by atoms with van der Waals surface area (Å²) >= 11 is 0. The molecule has 4 heteroatoms. The molecule has 110 valence electrons. The molecule has 0 unspecified atom stereocenters. The maximum absolute atomic E-state index is 12.2. The molecule has 1 aliphatic rings. The zero-order chi connectivity index (χ0) is 14.5. The Labute approximate surface area is 121 Å². The Morgan fingerprint density at radius 3 is 2.70 bits per heavy atom. The molecule has 1 fully saturated rings. The van der Waals surface area contributed by atoms with E-state index < -0.39 is 0 Å². The monoisotopic (exact) mass is 276 g/mol. The highest BCUT2D eigenvalue weighted by Crippen LogP contribution is 2.22. The second kappa shape index (κ2) is 6.75. The van der Waals surface area contributed by atoms with E-state index in [0.29, 0.717) is 0 Å². The van der Waals surface area contributed by atoms with E-state index in [-0.39, 0.29) is 12.5 Å². The molecule has 1 aliphatic heterocycles. The van der Waals surface area contributed by atoms with Crippen LogP contribution in [-0.2, 0) is 4.79 Å². The molecule has 1 aromatic carbocycles. The van der Waals surface area contributed by atoms with E-state index in [4.69, 9.17) is 4.74 Å². The first kappa shape index (κ1) is 14.9. The Kier molecular flexibility index (Phi) is 5.01. The molecule has 1 saturated heterocycles. The Bertz CT molecular complexity index is 478. The zero-order valence-corrected chi connectivity index (χ0v) is 12.7. The maximum atomic E-state index is 12.2. The average Bonchev–Trinajstić information content (AvgIpc) is 2.70. The predicted molar refractivity (Wildman–Crippen MR) is 80.2 cm³/mol. The summed E-state index contributed by atoms with van der Waals surface area (Å²) in [5.74, 6) is 0.890. The van der Waals surface area contributed by atoms with Gasteiger partial charge < -0.3 is 15.0 Å². The third-order valence-electron chi connectivity index (χ3n) is 3.84. The summed E-state index contributed by atoms with van der Waals surface area (Å²) in [6.07, 6.45) is 1.01. The number of nitrogens with zero attached hydrogens (tertiary/aromatic N) is 1. The predicted octanol–water partition coefficient (Wildman–Crippen LogP) is 1.81. The molecular weight excluding hydrogens is 252 g/mol. The van der Waals surface area contributed by atoms with E-state index in [0.717, 1.165) is 43.9 Å². The molecule has 1 amide bonds. The van der Waals surface area contributed by atoms with Crippen molar-refractivity contribution in [1.29, 1.82) is 0 Å². The van der Waals surface area contributed by atoms with Gasteiger partial charge in [-0.05, 0) is 56.5 Å². The molecule has 0 radical (unpaired) electrons. The topological polar surface area (TPSA) is 41.6 Å². The summed E-state index contributed by atoms with van der Waals surface area (Å²) in [6, 6.07) is 4.12. The first-order valence-electron chi connectivity index (χ1n) is 7.27. The third-order valence-corrected chi connectivity index (χ3v) is 3.84. The molecule has 0 spiro atoms. The number of benzene rings is 1. The zero-order valence-electron chi connectivity index (χ0n) is 12.7. The third kappa shape index (κ3) is 3.73. The van der Waals surface area contributed by atoms with Crippen molar-refractivity contribution in [3.8, 4) is 5.75 Å². The van der Waals surface area contributed by atoms with Crippen molar-refractivity contribution < 1.29 is 9.53 Å². The second-order valence-electron chi connectivity index (χ2n) is 5.47. The second-order valence-corrected chi connectivity index (χ2v) is 5.47. The van der Waals surface area contributed by atoms with Crippen LogP contribution in [-0.4, -0.2) is 43.6 Å². The van der Waals surface area contributed by atoms with Gasteiger partial charge in [0.2, 0.25) is 0 Å². The van der Waals surface area contributed by atoms with Crippen molar-refractivity contribution in [3.05, 3.63) is 28.8 Å². The van der Waals surface area contributed by atoms with Gasteiger partial charge in [-0.1, -0.05) is 6.07 Å². The van der Waals surface area contributed by atoms with Crippen LogP contribution in [0.15, 0.2) is 12.1 Å². The number of aryl methyl sites for hydroxylation is 3. The van der Waals surface area contributed by atoms with Crippen LogP contribution in [0.25, 0.3) is 0 Å². The average molecular weight is 276 g/mol. The highest BCUT2D eigenvalue weighted by molar-refractivity contribution is 5.77. The highest BCUT2D eigenvalue weighted by Gasteiger charge is 2.16. The van der Waals surface area contributed by atoms with E-state index in [1.807, 2.05) is 17.9 Å². The lowest BCUT2D eigenvalue weighted by molar-refractivity contribution is -0.133. The van der Waals surface area contributed by atoms with Gasteiger partial charge in [0.25, 0.3) is 5.91 Å². The molecular formula is C16H24N2O2. The van der Waals surface area contributed by atoms with Crippen molar-refractivity contribution >= 4 is 5.91 Å². The van der Waals surface area contributed by atoms with Gasteiger partial charge in [-0.15, -0.1) is 0 Å². The molecule has 1 heterocycles. The Morgan fingerprint density at radius 2 is 1.90 bits per heavy atom. The van der Waals surface area contributed by atoms with Gasteiger partial charge in [0.15, 0.2) is 6.61 Å². The van der Waals surface area contributed by atoms with Crippen LogP contribution in [0.1, 0.15) is 23.1 Å². The van der Waals surface area contributed by atoms with Gasteiger partial charge in [-0.3, -0.25) is 4.79 Å². The number of amides is 1. The lowest BCUT2D eigenvalue weighted by atomic mass is 10.1. The number of hydrogen-bond acceptors (Lipinski definition) is 3. The SMILES string of the molecule is Cc1cc(C)c(OCC(=O)N2CCCNCC2)cc1C. The smallest absolute Gasteiger partial charge is 0.260 e. The summed E-state index contributed by atoms with van der Waals surface area (Å²) in [5, 5.41) is 3.29. The minimum atomic E-state index is 0.0753. The van der Waals surface area contributed by atoms with Crippen molar-refractivity contribution in [2.24, 2.45) is 0 Å². The molecule has 0 aliphatic carbocycles. The van der Waals surface area contributed by atoms with Crippen LogP contribution < -0.4 is 10.1 Å². The molecule has 0 aromatic heterocycles. The van der Waals surface area contributed by atoms with Crippen molar-refractivity contribution in [2.75, 3.05) is 32.8 Å². The van der Waals surface area contributed by atoms with Crippen LogP contribution in [0, 0.1) is 20.8 Å². The van der Waals surface area contributed by atoms with Crippen LogP contribution in [0.2, 0.25) is 0 Å². The fourth-order valence-electron chi connectivity index (χ4n) is 2.42. The molecule has 4 nitrogen and oxygen atoms in total. The maximum Gasteiger partial charge on any atom is 0.260 e. The van der Waals surface area contributed by atoms with Gasteiger partial charge in [-0.2, -0.15) is 0 Å². The molecule has 0 saturated carbocycles. The minimum Gasteiger partial charge on any atom is -0.483 e. The number of ether oxygens (including phenoxy) is 1. The first-order valence-corrected chi connectivity index (χ1v) is 7.27. The fourth-order valence-corrected chi connectivity index (χ4v) is 2.42. The lowest BCUT2D eigenvalue weighted by Gasteiger charge is -2.20. The van der Waals surface area contributed by atoms with E-state index in [9.17, 15) is 4.79 Å². The van der Waals surface area contributed by atoms with Gasteiger partial charge in [0, 0.05) is 19.6 Å².